The summed E-state index contributed by atoms with van der Waals surface area (Å²) in [5.41, 5.74) is 8.36. The molecule has 3 rings (SSSR count). The zero-order chi connectivity index (χ0) is 11.3. The molecule has 0 aromatic rings. The molecule has 0 aromatic heterocycles. The molecule has 3 aliphatic carbocycles. The first-order chi connectivity index (χ1) is 6.87. The average molecular weight is 207 g/mol. The van der Waals surface area contributed by atoms with Gasteiger partial charge in [0.05, 0.1) is 0 Å². The first-order valence-corrected chi connectivity index (χ1v) is 6.26. The van der Waals surface area contributed by atoms with Crippen LogP contribution in [-0.4, -0.2) is 6.54 Å². The van der Waals surface area contributed by atoms with Gasteiger partial charge in [-0.05, 0) is 48.5 Å². The molecule has 0 saturated heterocycles. The molecule has 2 atom stereocenters. The van der Waals surface area contributed by atoms with Gasteiger partial charge in [0, 0.05) is 0 Å². The number of hydrogen-bond acceptors (Lipinski definition) is 1. The fraction of sp³-hybridized carbons (Fsp3) is 0.857. The Morgan fingerprint density at radius 2 is 2.13 bits per heavy atom. The number of rotatable bonds is 3. The highest BCUT2D eigenvalue weighted by Crippen LogP contribution is 2.60. The molecule has 1 fully saturated rings. The monoisotopic (exact) mass is 207 g/mol. The summed E-state index contributed by atoms with van der Waals surface area (Å²) in [5, 5.41) is 0. The summed E-state index contributed by atoms with van der Waals surface area (Å²) in [7, 11) is 0. The largest absolute Gasteiger partial charge is 0.330 e. The van der Waals surface area contributed by atoms with Gasteiger partial charge < -0.3 is 5.73 Å². The van der Waals surface area contributed by atoms with Crippen LogP contribution in [0.4, 0.5) is 0 Å². The Hall–Kier alpha value is -0.300. The Bertz CT molecular complexity index is 286. The van der Waals surface area contributed by atoms with Gasteiger partial charge in [-0.1, -0.05) is 39.3 Å². The summed E-state index contributed by atoms with van der Waals surface area (Å²) in [4.78, 5) is 0. The maximum Gasteiger partial charge on any atom is -0.00228 e. The highest BCUT2D eigenvalue weighted by atomic mass is 14.6. The fourth-order valence-corrected chi connectivity index (χ4v) is 3.30. The zero-order valence-electron chi connectivity index (χ0n) is 10.6. The van der Waals surface area contributed by atoms with E-state index < -0.39 is 0 Å². The minimum absolute atomic E-state index is 0.282. The van der Waals surface area contributed by atoms with Gasteiger partial charge in [-0.3, -0.25) is 0 Å². The van der Waals surface area contributed by atoms with E-state index in [4.69, 9.17) is 5.73 Å². The molecule has 15 heavy (non-hydrogen) atoms. The van der Waals surface area contributed by atoms with E-state index in [1.165, 1.54) is 19.3 Å². The smallest absolute Gasteiger partial charge is 0.00228 e. The summed E-state index contributed by atoms with van der Waals surface area (Å²) in [6.45, 7) is 10.2. The fourth-order valence-electron chi connectivity index (χ4n) is 3.30. The van der Waals surface area contributed by atoms with E-state index in [1.54, 1.807) is 5.57 Å². The van der Waals surface area contributed by atoms with E-state index in [0.29, 0.717) is 5.41 Å². The molecule has 0 radical (unpaired) electrons. The van der Waals surface area contributed by atoms with Crippen LogP contribution in [0.25, 0.3) is 0 Å². The number of allylic oxidation sites excluding steroid dienone is 2. The lowest BCUT2D eigenvalue weighted by molar-refractivity contribution is -0.0111. The SMILES string of the molecule is CC(C)(CN)CC1=CCC2CC1C2(C)C. The molecule has 1 saturated carbocycles. The first-order valence-electron chi connectivity index (χ1n) is 6.26. The highest BCUT2D eigenvalue weighted by molar-refractivity contribution is 5.24. The van der Waals surface area contributed by atoms with Crippen LogP contribution in [0.2, 0.25) is 0 Å². The summed E-state index contributed by atoms with van der Waals surface area (Å²) < 4.78 is 0. The van der Waals surface area contributed by atoms with Crippen LogP contribution < -0.4 is 5.73 Å². The normalized spacial score (nSPS) is 33.3. The van der Waals surface area contributed by atoms with E-state index in [1.807, 2.05) is 0 Å². The van der Waals surface area contributed by atoms with Crippen LogP contribution in [0.3, 0.4) is 0 Å². The van der Waals surface area contributed by atoms with Crippen molar-refractivity contribution in [1.82, 2.24) is 0 Å². The van der Waals surface area contributed by atoms with Gasteiger partial charge in [-0.25, -0.2) is 0 Å². The van der Waals surface area contributed by atoms with E-state index in [-0.39, 0.29) is 5.41 Å². The van der Waals surface area contributed by atoms with Gasteiger partial charge in [0.25, 0.3) is 0 Å². The molecule has 2 N–H and O–H groups in total. The predicted molar refractivity (Wildman–Crippen MR) is 65.5 cm³/mol. The van der Waals surface area contributed by atoms with Crippen LogP contribution in [0, 0.1) is 22.7 Å². The third-order valence-corrected chi connectivity index (χ3v) is 4.82. The summed E-state index contributed by atoms with van der Waals surface area (Å²) >= 11 is 0. The molecule has 86 valence electrons. The minimum atomic E-state index is 0.282. The quantitative estimate of drug-likeness (QED) is 0.706. The van der Waals surface area contributed by atoms with Crippen molar-refractivity contribution < 1.29 is 0 Å². The van der Waals surface area contributed by atoms with Crippen LogP contribution >= 0.6 is 0 Å². The molecule has 0 spiro atoms. The number of hydrogen-bond donors (Lipinski definition) is 1. The van der Waals surface area contributed by atoms with Gasteiger partial charge >= 0.3 is 0 Å². The lowest BCUT2D eigenvalue weighted by atomic mass is 9.48. The molecule has 0 aromatic carbocycles. The van der Waals surface area contributed by atoms with E-state index in [2.05, 4.69) is 33.8 Å². The summed E-state index contributed by atoms with van der Waals surface area (Å²) in [6.07, 6.45) is 6.44. The molecule has 1 heteroatoms. The molecular weight excluding hydrogens is 182 g/mol. The maximum absolute atomic E-state index is 5.82. The predicted octanol–water partition coefficient (Wildman–Crippen LogP) is 3.35. The van der Waals surface area contributed by atoms with Crippen molar-refractivity contribution >= 4 is 0 Å². The van der Waals surface area contributed by atoms with Crippen LogP contribution in [-0.2, 0) is 0 Å². The topological polar surface area (TPSA) is 26.0 Å². The van der Waals surface area contributed by atoms with Gasteiger partial charge in [0.15, 0.2) is 0 Å². The lowest BCUT2D eigenvalue weighted by Gasteiger charge is -2.57. The molecule has 1 nitrogen and oxygen atoms in total. The van der Waals surface area contributed by atoms with Crippen molar-refractivity contribution in [2.75, 3.05) is 6.54 Å². The van der Waals surface area contributed by atoms with Gasteiger partial charge in [-0.15, -0.1) is 0 Å². The average Bonchev–Trinajstić information content (AvgIpc) is 2.17. The maximum atomic E-state index is 5.82. The van der Waals surface area contributed by atoms with Crippen molar-refractivity contribution in [3.63, 3.8) is 0 Å². The molecule has 2 bridgehead atoms. The number of nitrogens with two attached hydrogens (primary N) is 1. The lowest BCUT2D eigenvalue weighted by Crippen LogP contribution is -2.48. The second-order valence-electron chi connectivity index (χ2n) is 6.87. The Morgan fingerprint density at radius 3 is 2.60 bits per heavy atom. The van der Waals surface area contributed by atoms with Crippen molar-refractivity contribution in [2.24, 2.45) is 28.4 Å². The number of fused-ring (bicyclic) bond motifs is 1. The summed E-state index contributed by atoms with van der Waals surface area (Å²) in [6, 6.07) is 0. The molecule has 3 aliphatic rings. The van der Waals surface area contributed by atoms with Gasteiger partial charge in [0.2, 0.25) is 0 Å². The molecule has 0 aliphatic heterocycles. The second kappa shape index (κ2) is 3.35. The molecular formula is C14H25N. The highest BCUT2D eigenvalue weighted by Gasteiger charge is 2.51. The van der Waals surface area contributed by atoms with Crippen LogP contribution in [0.1, 0.15) is 47.0 Å². The van der Waals surface area contributed by atoms with Crippen molar-refractivity contribution in [3.05, 3.63) is 11.6 Å². The standard InChI is InChI=1S/C14H25N/c1-13(2,9-15)8-10-5-6-11-7-12(10)14(11,3)4/h5,11-12H,6-9,15H2,1-4H3. The first kappa shape index (κ1) is 11.2. The molecule has 0 heterocycles. The summed E-state index contributed by atoms with van der Waals surface area (Å²) in [5.74, 6) is 1.80. The molecule has 2 unspecified atom stereocenters. The third-order valence-electron chi connectivity index (χ3n) is 4.82. The van der Waals surface area contributed by atoms with Crippen LogP contribution in [0.5, 0.6) is 0 Å². The van der Waals surface area contributed by atoms with Crippen molar-refractivity contribution in [2.45, 2.75) is 47.0 Å². The Morgan fingerprint density at radius 1 is 1.47 bits per heavy atom. The second-order valence-corrected chi connectivity index (χ2v) is 6.87. The van der Waals surface area contributed by atoms with Crippen molar-refractivity contribution in [1.29, 1.82) is 0 Å². The van der Waals surface area contributed by atoms with Gasteiger partial charge in [-0.2, -0.15) is 0 Å². The Kier molecular flexibility index (Phi) is 2.50. The van der Waals surface area contributed by atoms with Crippen LogP contribution in [0.15, 0.2) is 11.6 Å². The third kappa shape index (κ3) is 1.75. The van der Waals surface area contributed by atoms with E-state index >= 15 is 0 Å². The Labute approximate surface area is 94.1 Å². The zero-order valence-corrected chi connectivity index (χ0v) is 10.6. The van der Waals surface area contributed by atoms with Gasteiger partial charge in [0.1, 0.15) is 0 Å². The van der Waals surface area contributed by atoms with E-state index in [9.17, 15) is 0 Å². The Balaban J connectivity index is 2.09. The van der Waals surface area contributed by atoms with E-state index in [0.717, 1.165) is 18.4 Å². The van der Waals surface area contributed by atoms with Crippen molar-refractivity contribution in [3.8, 4) is 0 Å². The minimum Gasteiger partial charge on any atom is -0.330 e. The molecule has 0 amide bonds.